The number of aromatic amines is 1. The van der Waals surface area contributed by atoms with Gasteiger partial charge in [0.25, 0.3) is 0 Å². The summed E-state index contributed by atoms with van der Waals surface area (Å²) in [4.78, 5) is 17.7. The van der Waals surface area contributed by atoms with E-state index in [0.717, 1.165) is 22.2 Å². The Balaban J connectivity index is 1.80. The lowest BCUT2D eigenvalue weighted by Gasteiger charge is -2.27. The van der Waals surface area contributed by atoms with Crippen molar-refractivity contribution < 1.29 is 4.79 Å². The Kier molecular flexibility index (Phi) is 4.33. The summed E-state index contributed by atoms with van der Waals surface area (Å²) in [6, 6.07) is 17.7. The van der Waals surface area contributed by atoms with Gasteiger partial charge in [0.05, 0.1) is 0 Å². The summed E-state index contributed by atoms with van der Waals surface area (Å²) >= 11 is 0. The molecule has 1 heterocycles. The van der Waals surface area contributed by atoms with Crippen LogP contribution >= 0.6 is 0 Å². The number of urea groups is 1. The highest BCUT2D eigenvalue weighted by Crippen LogP contribution is 2.21. The molecule has 0 radical (unpaired) electrons. The lowest BCUT2D eigenvalue weighted by molar-refractivity contribution is 0.194. The summed E-state index contributed by atoms with van der Waals surface area (Å²) in [5.41, 5.74) is 3.02. The Labute approximate surface area is 136 Å². The standard InChI is InChI=1S/C19H21N3O/c1-14(2)22(19(23)21-16-8-4-3-5-9-16)13-15-12-20-18-11-7-6-10-17(15)18/h3-12,14,20H,13H2,1-2H3,(H,21,23). The van der Waals surface area contributed by atoms with Crippen LogP contribution in [-0.2, 0) is 6.54 Å². The number of carbonyl (C=O) groups excluding carboxylic acids is 1. The van der Waals surface area contributed by atoms with Crippen LogP contribution in [0.5, 0.6) is 0 Å². The van der Waals surface area contributed by atoms with Gasteiger partial charge in [-0.3, -0.25) is 0 Å². The highest BCUT2D eigenvalue weighted by molar-refractivity contribution is 5.90. The number of benzene rings is 2. The van der Waals surface area contributed by atoms with Crippen LogP contribution in [0.2, 0.25) is 0 Å². The Morgan fingerprint density at radius 3 is 2.52 bits per heavy atom. The van der Waals surface area contributed by atoms with E-state index >= 15 is 0 Å². The highest BCUT2D eigenvalue weighted by Gasteiger charge is 2.19. The van der Waals surface area contributed by atoms with E-state index < -0.39 is 0 Å². The van der Waals surface area contributed by atoms with Gasteiger partial charge in [-0.05, 0) is 37.6 Å². The monoisotopic (exact) mass is 307 g/mol. The van der Waals surface area contributed by atoms with Crippen LogP contribution in [0.4, 0.5) is 10.5 Å². The molecule has 0 saturated carbocycles. The van der Waals surface area contributed by atoms with Crippen LogP contribution in [0, 0.1) is 0 Å². The van der Waals surface area contributed by atoms with Crippen LogP contribution in [0.25, 0.3) is 10.9 Å². The van der Waals surface area contributed by atoms with Crippen molar-refractivity contribution in [2.75, 3.05) is 5.32 Å². The second kappa shape index (κ2) is 6.57. The maximum absolute atomic E-state index is 12.6. The molecular weight excluding hydrogens is 286 g/mol. The quantitative estimate of drug-likeness (QED) is 0.726. The summed E-state index contributed by atoms with van der Waals surface area (Å²) < 4.78 is 0. The first-order valence-corrected chi connectivity index (χ1v) is 7.83. The number of para-hydroxylation sites is 2. The maximum atomic E-state index is 12.6. The van der Waals surface area contributed by atoms with Crippen molar-refractivity contribution in [1.82, 2.24) is 9.88 Å². The first-order chi connectivity index (χ1) is 11.1. The van der Waals surface area contributed by atoms with Crippen molar-refractivity contribution >= 4 is 22.6 Å². The molecule has 0 spiro atoms. The van der Waals surface area contributed by atoms with E-state index in [9.17, 15) is 4.79 Å². The predicted molar refractivity (Wildman–Crippen MR) is 94.4 cm³/mol. The van der Waals surface area contributed by atoms with Crippen molar-refractivity contribution in [1.29, 1.82) is 0 Å². The molecule has 3 aromatic rings. The van der Waals surface area contributed by atoms with E-state index in [1.807, 2.05) is 73.5 Å². The molecule has 0 atom stereocenters. The van der Waals surface area contributed by atoms with Crippen LogP contribution in [0.15, 0.2) is 60.8 Å². The normalized spacial score (nSPS) is 10.9. The number of H-pyrrole nitrogens is 1. The van der Waals surface area contributed by atoms with Gasteiger partial charge in [-0.15, -0.1) is 0 Å². The Morgan fingerprint density at radius 2 is 1.78 bits per heavy atom. The molecule has 2 N–H and O–H groups in total. The number of fused-ring (bicyclic) bond motifs is 1. The van der Waals surface area contributed by atoms with Gasteiger partial charge >= 0.3 is 6.03 Å². The number of nitrogens with zero attached hydrogens (tertiary/aromatic N) is 1. The highest BCUT2D eigenvalue weighted by atomic mass is 16.2. The van der Waals surface area contributed by atoms with Crippen LogP contribution in [-0.4, -0.2) is 22.0 Å². The molecule has 4 heteroatoms. The largest absolute Gasteiger partial charge is 0.361 e. The summed E-state index contributed by atoms with van der Waals surface area (Å²) in [5.74, 6) is 0. The van der Waals surface area contributed by atoms with Crippen molar-refractivity contribution in [2.24, 2.45) is 0 Å². The molecule has 0 aliphatic heterocycles. The second-order valence-electron chi connectivity index (χ2n) is 5.88. The SMILES string of the molecule is CC(C)N(Cc1c[nH]c2ccccc12)C(=O)Nc1ccccc1. The third kappa shape index (κ3) is 3.37. The van der Waals surface area contributed by atoms with E-state index in [1.165, 1.54) is 0 Å². The average Bonchev–Trinajstić information content (AvgIpc) is 2.96. The zero-order valence-corrected chi connectivity index (χ0v) is 13.4. The van der Waals surface area contributed by atoms with Gasteiger partial charge in [0.2, 0.25) is 0 Å². The van der Waals surface area contributed by atoms with Crippen LogP contribution in [0.1, 0.15) is 19.4 Å². The third-order valence-corrected chi connectivity index (χ3v) is 3.92. The fourth-order valence-corrected chi connectivity index (χ4v) is 2.65. The van der Waals surface area contributed by atoms with E-state index in [4.69, 9.17) is 0 Å². The molecule has 4 nitrogen and oxygen atoms in total. The number of amides is 2. The minimum absolute atomic E-state index is 0.0866. The number of nitrogens with one attached hydrogen (secondary N) is 2. The van der Waals surface area contributed by atoms with Gasteiger partial charge in [0.1, 0.15) is 0 Å². The Morgan fingerprint density at radius 1 is 1.09 bits per heavy atom. The number of aromatic nitrogens is 1. The number of carbonyl (C=O) groups is 1. The predicted octanol–water partition coefficient (Wildman–Crippen LogP) is 4.61. The maximum Gasteiger partial charge on any atom is 0.322 e. The van der Waals surface area contributed by atoms with Crippen molar-refractivity contribution in [2.45, 2.75) is 26.4 Å². The van der Waals surface area contributed by atoms with E-state index in [2.05, 4.69) is 16.4 Å². The fourth-order valence-electron chi connectivity index (χ4n) is 2.65. The molecule has 0 saturated heterocycles. The van der Waals surface area contributed by atoms with Gasteiger partial charge in [-0.1, -0.05) is 36.4 Å². The Hall–Kier alpha value is -2.75. The summed E-state index contributed by atoms with van der Waals surface area (Å²) in [6.45, 7) is 4.62. The van der Waals surface area contributed by atoms with E-state index in [1.54, 1.807) is 0 Å². The molecule has 2 amide bonds. The first-order valence-electron chi connectivity index (χ1n) is 7.83. The number of rotatable bonds is 4. The van der Waals surface area contributed by atoms with Crippen LogP contribution < -0.4 is 5.32 Å². The molecule has 3 rings (SSSR count). The lowest BCUT2D eigenvalue weighted by atomic mass is 10.1. The molecule has 0 bridgehead atoms. The van der Waals surface area contributed by atoms with Gasteiger partial charge in [-0.25, -0.2) is 4.79 Å². The first kappa shape index (κ1) is 15.2. The summed E-state index contributed by atoms with van der Waals surface area (Å²) in [6.07, 6.45) is 1.98. The number of hydrogen-bond donors (Lipinski definition) is 2. The molecule has 2 aromatic carbocycles. The molecule has 0 unspecified atom stereocenters. The topological polar surface area (TPSA) is 48.1 Å². The molecule has 0 aliphatic carbocycles. The second-order valence-corrected chi connectivity index (χ2v) is 5.88. The molecule has 118 valence electrons. The minimum Gasteiger partial charge on any atom is -0.361 e. The van der Waals surface area contributed by atoms with Crippen molar-refractivity contribution in [3.05, 3.63) is 66.4 Å². The van der Waals surface area contributed by atoms with Gasteiger partial charge in [0, 0.05) is 35.4 Å². The number of anilines is 1. The van der Waals surface area contributed by atoms with Crippen LogP contribution in [0.3, 0.4) is 0 Å². The molecule has 0 fully saturated rings. The van der Waals surface area contributed by atoms with Gasteiger partial charge in [0.15, 0.2) is 0 Å². The smallest absolute Gasteiger partial charge is 0.322 e. The van der Waals surface area contributed by atoms with Gasteiger partial charge < -0.3 is 15.2 Å². The van der Waals surface area contributed by atoms with Gasteiger partial charge in [-0.2, -0.15) is 0 Å². The third-order valence-electron chi connectivity index (χ3n) is 3.92. The fraction of sp³-hybridized carbons (Fsp3) is 0.211. The van der Waals surface area contributed by atoms with Crippen molar-refractivity contribution in [3.63, 3.8) is 0 Å². The van der Waals surface area contributed by atoms with E-state index in [-0.39, 0.29) is 12.1 Å². The lowest BCUT2D eigenvalue weighted by Crippen LogP contribution is -2.39. The Bertz CT molecular complexity index is 792. The molecule has 23 heavy (non-hydrogen) atoms. The molecular formula is C19H21N3O. The summed E-state index contributed by atoms with van der Waals surface area (Å²) in [5, 5.41) is 4.12. The zero-order valence-electron chi connectivity index (χ0n) is 13.4. The molecule has 1 aromatic heterocycles. The minimum atomic E-state index is -0.0866. The zero-order chi connectivity index (χ0) is 16.2. The van der Waals surface area contributed by atoms with E-state index in [0.29, 0.717) is 6.54 Å². The van der Waals surface area contributed by atoms with Crippen molar-refractivity contribution in [3.8, 4) is 0 Å². The number of hydrogen-bond acceptors (Lipinski definition) is 1. The average molecular weight is 307 g/mol. The molecule has 0 aliphatic rings. The summed E-state index contributed by atoms with van der Waals surface area (Å²) in [7, 11) is 0.